The second-order valence-electron chi connectivity index (χ2n) is 5.94. The summed E-state index contributed by atoms with van der Waals surface area (Å²) in [4.78, 5) is 37.7. The minimum absolute atomic E-state index is 0.0101. The molecule has 0 bridgehead atoms. The van der Waals surface area contributed by atoms with Gasteiger partial charge >= 0.3 is 0 Å². The molecule has 0 aromatic carbocycles. The Balaban J connectivity index is 1.63. The van der Waals surface area contributed by atoms with E-state index in [0.717, 1.165) is 12.8 Å². The quantitative estimate of drug-likeness (QED) is 0.700. The van der Waals surface area contributed by atoms with Gasteiger partial charge in [-0.15, -0.1) is 0 Å². The summed E-state index contributed by atoms with van der Waals surface area (Å²) in [6.07, 6.45) is 2.96. The lowest BCUT2D eigenvalue weighted by Crippen LogP contribution is -2.58. The molecule has 116 valence electrons. The van der Waals surface area contributed by atoms with Gasteiger partial charge in [0.15, 0.2) is 0 Å². The maximum absolute atomic E-state index is 12.6. The van der Waals surface area contributed by atoms with Gasteiger partial charge in [-0.2, -0.15) is 0 Å². The molecule has 2 heterocycles. The zero-order valence-corrected chi connectivity index (χ0v) is 12.0. The number of amides is 3. The van der Waals surface area contributed by atoms with Gasteiger partial charge in [0, 0.05) is 25.6 Å². The number of hydrogen-bond donors (Lipinski definition) is 2. The van der Waals surface area contributed by atoms with E-state index in [1.54, 1.807) is 4.90 Å². The van der Waals surface area contributed by atoms with Crippen molar-refractivity contribution >= 4 is 17.7 Å². The zero-order chi connectivity index (χ0) is 14.8. The van der Waals surface area contributed by atoms with Crippen molar-refractivity contribution in [1.82, 2.24) is 15.5 Å². The van der Waals surface area contributed by atoms with Crippen molar-refractivity contribution in [2.45, 2.75) is 37.8 Å². The first-order chi connectivity index (χ1) is 10.1. The normalized spacial score (nSPS) is 29.7. The van der Waals surface area contributed by atoms with Crippen molar-refractivity contribution in [3.05, 3.63) is 0 Å². The highest BCUT2D eigenvalue weighted by Gasteiger charge is 2.38. The standard InChI is InChI=1S/C14H21N3O4/c18-12-4-1-9(7-15-12)14(20)17-5-6-21-8-11(17)13(19)16-10-2-3-10/h9-11H,1-8H2,(H,15,18)(H,16,19). The molecule has 2 aliphatic heterocycles. The highest BCUT2D eigenvalue weighted by atomic mass is 16.5. The summed E-state index contributed by atoms with van der Waals surface area (Å²) in [5.74, 6) is -0.402. The van der Waals surface area contributed by atoms with Crippen molar-refractivity contribution in [3.63, 3.8) is 0 Å². The van der Waals surface area contributed by atoms with Crippen LogP contribution >= 0.6 is 0 Å². The summed E-state index contributed by atoms with van der Waals surface area (Å²) in [7, 11) is 0. The van der Waals surface area contributed by atoms with Gasteiger partial charge in [-0.3, -0.25) is 14.4 Å². The molecule has 0 aromatic heterocycles. The summed E-state index contributed by atoms with van der Waals surface area (Å²) in [6, 6.07) is -0.269. The molecule has 3 aliphatic rings. The number of ether oxygens (including phenoxy) is 1. The summed E-state index contributed by atoms with van der Waals surface area (Å²) in [6.45, 7) is 1.51. The van der Waals surface area contributed by atoms with Crippen molar-refractivity contribution in [2.24, 2.45) is 5.92 Å². The number of nitrogens with zero attached hydrogens (tertiary/aromatic N) is 1. The molecule has 7 heteroatoms. The predicted octanol–water partition coefficient (Wildman–Crippen LogP) is -0.981. The van der Waals surface area contributed by atoms with E-state index in [4.69, 9.17) is 4.74 Å². The van der Waals surface area contributed by atoms with E-state index < -0.39 is 6.04 Å². The molecule has 3 rings (SSSR count). The number of morpholine rings is 1. The molecule has 3 amide bonds. The van der Waals surface area contributed by atoms with Gasteiger partial charge in [-0.25, -0.2) is 0 Å². The van der Waals surface area contributed by atoms with Crippen LogP contribution in [0.2, 0.25) is 0 Å². The maximum atomic E-state index is 12.6. The average Bonchev–Trinajstić information content (AvgIpc) is 3.31. The number of rotatable bonds is 3. The highest BCUT2D eigenvalue weighted by molar-refractivity contribution is 5.90. The number of nitrogens with one attached hydrogen (secondary N) is 2. The highest BCUT2D eigenvalue weighted by Crippen LogP contribution is 2.21. The molecule has 2 saturated heterocycles. The van der Waals surface area contributed by atoms with Crippen LogP contribution in [-0.2, 0) is 19.1 Å². The predicted molar refractivity (Wildman–Crippen MR) is 73.2 cm³/mol. The molecule has 7 nitrogen and oxygen atoms in total. The van der Waals surface area contributed by atoms with Gasteiger partial charge in [-0.1, -0.05) is 0 Å². The topological polar surface area (TPSA) is 87.7 Å². The molecule has 2 atom stereocenters. The van der Waals surface area contributed by atoms with Crippen molar-refractivity contribution in [3.8, 4) is 0 Å². The molecule has 21 heavy (non-hydrogen) atoms. The second kappa shape index (κ2) is 6.01. The van der Waals surface area contributed by atoms with E-state index in [-0.39, 0.29) is 36.3 Å². The maximum Gasteiger partial charge on any atom is 0.245 e. The molecule has 2 N–H and O–H groups in total. The third-order valence-electron chi connectivity index (χ3n) is 4.25. The van der Waals surface area contributed by atoms with E-state index in [0.29, 0.717) is 32.5 Å². The SMILES string of the molecule is O=C1CCC(C(=O)N2CCOCC2C(=O)NC2CC2)CN1. The van der Waals surface area contributed by atoms with Crippen LogP contribution in [0.5, 0.6) is 0 Å². The minimum atomic E-state index is -0.538. The monoisotopic (exact) mass is 295 g/mol. The fourth-order valence-corrected chi connectivity index (χ4v) is 2.79. The molecular formula is C14H21N3O4. The summed E-state index contributed by atoms with van der Waals surface area (Å²) in [5, 5.41) is 5.66. The Morgan fingerprint density at radius 2 is 2.10 bits per heavy atom. The van der Waals surface area contributed by atoms with Crippen LogP contribution in [0.25, 0.3) is 0 Å². The molecule has 1 aliphatic carbocycles. The fourth-order valence-electron chi connectivity index (χ4n) is 2.79. The Morgan fingerprint density at radius 3 is 2.76 bits per heavy atom. The Morgan fingerprint density at radius 1 is 1.29 bits per heavy atom. The molecule has 2 unspecified atom stereocenters. The van der Waals surface area contributed by atoms with Gasteiger partial charge in [-0.05, 0) is 19.3 Å². The third kappa shape index (κ3) is 3.34. The van der Waals surface area contributed by atoms with Crippen molar-refractivity contribution in [2.75, 3.05) is 26.3 Å². The van der Waals surface area contributed by atoms with Crippen LogP contribution in [0.4, 0.5) is 0 Å². The summed E-state index contributed by atoms with van der Waals surface area (Å²) in [5.41, 5.74) is 0. The van der Waals surface area contributed by atoms with E-state index in [9.17, 15) is 14.4 Å². The smallest absolute Gasteiger partial charge is 0.245 e. The molecule has 0 aromatic rings. The van der Waals surface area contributed by atoms with Gasteiger partial charge in [0.2, 0.25) is 17.7 Å². The largest absolute Gasteiger partial charge is 0.377 e. The summed E-state index contributed by atoms with van der Waals surface area (Å²) < 4.78 is 5.37. The first-order valence-electron chi connectivity index (χ1n) is 7.60. The van der Waals surface area contributed by atoms with Crippen molar-refractivity contribution in [1.29, 1.82) is 0 Å². The lowest BCUT2D eigenvalue weighted by Gasteiger charge is -2.37. The number of carbonyl (C=O) groups excluding carboxylic acids is 3. The van der Waals surface area contributed by atoms with Crippen LogP contribution in [0.15, 0.2) is 0 Å². The first-order valence-corrected chi connectivity index (χ1v) is 7.60. The van der Waals surface area contributed by atoms with Gasteiger partial charge in [0.1, 0.15) is 6.04 Å². The van der Waals surface area contributed by atoms with E-state index in [2.05, 4.69) is 10.6 Å². The number of carbonyl (C=O) groups is 3. The van der Waals surface area contributed by atoms with Gasteiger partial charge < -0.3 is 20.3 Å². The third-order valence-corrected chi connectivity index (χ3v) is 4.25. The minimum Gasteiger partial charge on any atom is -0.377 e. The summed E-state index contributed by atoms with van der Waals surface area (Å²) >= 11 is 0. The first kappa shape index (κ1) is 14.3. The Bertz CT molecular complexity index is 440. The number of hydrogen-bond acceptors (Lipinski definition) is 4. The average molecular weight is 295 g/mol. The zero-order valence-electron chi connectivity index (χ0n) is 12.0. The number of piperidine rings is 1. The molecule has 0 radical (unpaired) electrons. The molecule has 3 fully saturated rings. The van der Waals surface area contributed by atoms with E-state index in [1.165, 1.54) is 0 Å². The van der Waals surface area contributed by atoms with E-state index >= 15 is 0 Å². The molecule has 1 saturated carbocycles. The Kier molecular flexibility index (Phi) is 4.10. The van der Waals surface area contributed by atoms with E-state index in [1.807, 2.05) is 0 Å². The fraction of sp³-hybridized carbons (Fsp3) is 0.786. The Labute approximate surface area is 123 Å². The van der Waals surface area contributed by atoms with Gasteiger partial charge in [0.05, 0.1) is 19.1 Å². The van der Waals surface area contributed by atoms with Crippen LogP contribution in [0.1, 0.15) is 25.7 Å². The van der Waals surface area contributed by atoms with Crippen molar-refractivity contribution < 1.29 is 19.1 Å². The molecular weight excluding hydrogens is 274 g/mol. The van der Waals surface area contributed by atoms with Crippen LogP contribution in [0, 0.1) is 5.92 Å². The van der Waals surface area contributed by atoms with Crippen LogP contribution in [0.3, 0.4) is 0 Å². The van der Waals surface area contributed by atoms with Crippen LogP contribution in [-0.4, -0.2) is 61.0 Å². The van der Waals surface area contributed by atoms with Crippen LogP contribution < -0.4 is 10.6 Å². The van der Waals surface area contributed by atoms with Gasteiger partial charge in [0.25, 0.3) is 0 Å². The Hall–Kier alpha value is -1.63. The second-order valence-corrected chi connectivity index (χ2v) is 5.94. The molecule has 0 spiro atoms. The lowest BCUT2D eigenvalue weighted by molar-refractivity contribution is -0.152. The lowest BCUT2D eigenvalue weighted by atomic mass is 9.96.